The Kier molecular flexibility index (Phi) is 4.68. The molecule has 1 aromatic heterocycles. The Hall–Kier alpha value is -1.85. The summed E-state index contributed by atoms with van der Waals surface area (Å²) in [5.41, 5.74) is 0.988. The quantitative estimate of drug-likeness (QED) is 0.923. The second-order valence-electron chi connectivity index (χ2n) is 5.71. The van der Waals surface area contributed by atoms with Gasteiger partial charge in [-0.2, -0.15) is 0 Å². The average Bonchev–Trinajstić information content (AvgIpc) is 3.16. The third-order valence-electron chi connectivity index (χ3n) is 4.24. The van der Waals surface area contributed by atoms with Gasteiger partial charge in [0.15, 0.2) is 0 Å². The van der Waals surface area contributed by atoms with E-state index in [4.69, 9.17) is 16.0 Å². The number of benzene rings is 1. The monoisotopic (exact) mass is 337 g/mol. The maximum atomic E-state index is 13.0. The lowest BCUT2D eigenvalue weighted by atomic mass is 10.00. The fraction of sp³-hybridized carbons (Fsp3) is 0.353. The van der Waals surface area contributed by atoms with Gasteiger partial charge in [-0.25, -0.2) is 4.39 Å². The minimum atomic E-state index is -0.742. The molecule has 1 fully saturated rings. The van der Waals surface area contributed by atoms with Gasteiger partial charge in [0.2, 0.25) is 5.22 Å². The number of hydrogen-bond donors (Lipinski definition) is 1. The van der Waals surface area contributed by atoms with E-state index in [9.17, 15) is 14.3 Å². The molecule has 0 saturated carbocycles. The Labute approximate surface area is 138 Å². The summed E-state index contributed by atoms with van der Waals surface area (Å²) >= 11 is 5.88. The van der Waals surface area contributed by atoms with Gasteiger partial charge in [0.05, 0.1) is 17.9 Å². The normalized spacial score (nSPS) is 19.1. The van der Waals surface area contributed by atoms with Crippen LogP contribution in [0.1, 0.15) is 41.3 Å². The van der Waals surface area contributed by atoms with Crippen molar-refractivity contribution in [2.45, 2.75) is 31.4 Å². The van der Waals surface area contributed by atoms with E-state index < -0.39 is 6.10 Å². The lowest BCUT2D eigenvalue weighted by Gasteiger charge is -2.26. The summed E-state index contributed by atoms with van der Waals surface area (Å²) in [7, 11) is 0. The third-order valence-corrected chi connectivity index (χ3v) is 4.53. The van der Waals surface area contributed by atoms with Crippen molar-refractivity contribution in [3.8, 4) is 0 Å². The summed E-state index contributed by atoms with van der Waals surface area (Å²) in [6.45, 7) is 0.626. The van der Waals surface area contributed by atoms with Gasteiger partial charge in [-0.15, -0.1) is 0 Å². The van der Waals surface area contributed by atoms with Crippen molar-refractivity contribution in [1.82, 2.24) is 4.90 Å². The maximum absolute atomic E-state index is 13.0. The van der Waals surface area contributed by atoms with E-state index in [-0.39, 0.29) is 23.0 Å². The van der Waals surface area contributed by atoms with Gasteiger partial charge in [-0.3, -0.25) is 4.79 Å². The second kappa shape index (κ2) is 6.72. The standard InChI is InChI=1S/C17H17ClFNO3/c18-16-14(7-9-23-16)17(22)20-8-1-2-13(20)10-15(21)11-3-5-12(19)6-4-11/h3-7,9,13,15,21H,1-2,8,10H2/t13-,15-/m1/s1. The molecule has 122 valence electrons. The number of rotatable bonds is 4. The summed E-state index contributed by atoms with van der Waals surface area (Å²) in [4.78, 5) is 14.3. The van der Waals surface area contributed by atoms with Crippen LogP contribution in [0.3, 0.4) is 0 Å². The number of carbonyl (C=O) groups is 1. The molecule has 1 saturated heterocycles. The van der Waals surface area contributed by atoms with Crippen LogP contribution in [0, 0.1) is 5.82 Å². The molecule has 1 amide bonds. The molecule has 1 aromatic carbocycles. The number of amides is 1. The predicted molar refractivity (Wildman–Crippen MR) is 83.8 cm³/mol. The van der Waals surface area contributed by atoms with Crippen LogP contribution < -0.4 is 0 Å². The highest BCUT2D eigenvalue weighted by molar-refractivity contribution is 6.32. The van der Waals surface area contributed by atoms with Gasteiger partial charge in [-0.1, -0.05) is 12.1 Å². The minimum absolute atomic E-state index is 0.0754. The van der Waals surface area contributed by atoms with Crippen molar-refractivity contribution in [2.75, 3.05) is 6.54 Å². The molecule has 0 spiro atoms. The fourth-order valence-corrected chi connectivity index (χ4v) is 3.22. The summed E-state index contributed by atoms with van der Waals surface area (Å²) in [5, 5.41) is 10.4. The molecule has 2 aromatic rings. The van der Waals surface area contributed by atoms with E-state index in [0.717, 1.165) is 12.8 Å². The number of nitrogens with zero attached hydrogens (tertiary/aromatic N) is 1. The van der Waals surface area contributed by atoms with Crippen LogP contribution in [0.25, 0.3) is 0 Å². The topological polar surface area (TPSA) is 53.7 Å². The minimum Gasteiger partial charge on any atom is -0.452 e. The molecule has 0 unspecified atom stereocenters. The van der Waals surface area contributed by atoms with Gasteiger partial charge in [0, 0.05) is 12.6 Å². The Balaban J connectivity index is 1.70. The molecular weight excluding hydrogens is 321 g/mol. The van der Waals surface area contributed by atoms with Crippen LogP contribution in [-0.2, 0) is 0 Å². The number of aliphatic hydroxyl groups excluding tert-OH is 1. The number of furan rings is 1. The number of carbonyl (C=O) groups excluding carboxylic acids is 1. The molecule has 4 nitrogen and oxygen atoms in total. The molecule has 2 heterocycles. The first-order chi connectivity index (χ1) is 11.1. The SMILES string of the molecule is O=C(c1ccoc1Cl)N1CCC[C@@H]1C[C@@H](O)c1ccc(F)cc1. The Morgan fingerprint density at radius 2 is 2.13 bits per heavy atom. The van der Waals surface area contributed by atoms with Crippen LogP contribution >= 0.6 is 11.6 Å². The molecule has 0 radical (unpaired) electrons. The fourth-order valence-electron chi connectivity index (χ4n) is 3.03. The van der Waals surface area contributed by atoms with Gasteiger partial charge in [0.1, 0.15) is 5.82 Å². The van der Waals surface area contributed by atoms with E-state index in [1.165, 1.54) is 18.4 Å². The molecule has 23 heavy (non-hydrogen) atoms. The third kappa shape index (κ3) is 3.41. The molecule has 2 atom stereocenters. The van der Waals surface area contributed by atoms with Crippen LogP contribution in [-0.4, -0.2) is 28.5 Å². The van der Waals surface area contributed by atoms with E-state index in [2.05, 4.69) is 0 Å². The predicted octanol–water partition coefficient (Wildman–Crippen LogP) is 3.80. The van der Waals surface area contributed by atoms with E-state index in [1.807, 2.05) is 0 Å². The highest BCUT2D eigenvalue weighted by Gasteiger charge is 2.32. The summed E-state index contributed by atoms with van der Waals surface area (Å²) in [6, 6.07) is 7.25. The number of likely N-dealkylation sites (tertiary alicyclic amines) is 1. The van der Waals surface area contributed by atoms with Crippen molar-refractivity contribution in [1.29, 1.82) is 0 Å². The summed E-state index contributed by atoms with van der Waals surface area (Å²) in [5.74, 6) is -0.522. The maximum Gasteiger partial charge on any atom is 0.258 e. The highest BCUT2D eigenvalue weighted by Crippen LogP contribution is 2.30. The van der Waals surface area contributed by atoms with Crippen molar-refractivity contribution in [3.63, 3.8) is 0 Å². The van der Waals surface area contributed by atoms with Gasteiger partial charge >= 0.3 is 0 Å². The Morgan fingerprint density at radius 1 is 1.39 bits per heavy atom. The van der Waals surface area contributed by atoms with E-state index >= 15 is 0 Å². The van der Waals surface area contributed by atoms with Crippen LogP contribution in [0.15, 0.2) is 41.0 Å². The molecule has 3 rings (SSSR count). The first-order valence-corrected chi connectivity index (χ1v) is 7.91. The Morgan fingerprint density at radius 3 is 2.78 bits per heavy atom. The second-order valence-corrected chi connectivity index (χ2v) is 6.05. The Bertz CT molecular complexity index is 685. The number of aliphatic hydroxyl groups is 1. The van der Waals surface area contributed by atoms with Crippen LogP contribution in [0.5, 0.6) is 0 Å². The smallest absolute Gasteiger partial charge is 0.258 e. The summed E-state index contributed by atoms with van der Waals surface area (Å²) in [6.07, 6.45) is 2.75. The van der Waals surface area contributed by atoms with Crippen molar-refractivity contribution < 1.29 is 18.7 Å². The van der Waals surface area contributed by atoms with Gasteiger partial charge < -0.3 is 14.4 Å². The first-order valence-electron chi connectivity index (χ1n) is 7.53. The zero-order chi connectivity index (χ0) is 16.4. The molecule has 1 aliphatic heterocycles. The lowest BCUT2D eigenvalue weighted by molar-refractivity contribution is 0.0666. The highest BCUT2D eigenvalue weighted by atomic mass is 35.5. The molecule has 1 aliphatic rings. The van der Waals surface area contributed by atoms with E-state index in [0.29, 0.717) is 24.1 Å². The molecule has 0 bridgehead atoms. The zero-order valence-corrected chi connectivity index (χ0v) is 13.2. The van der Waals surface area contributed by atoms with Crippen molar-refractivity contribution in [2.24, 2.45) is 0 Å². The molecular formula is C17H17ClFNO3. The van der Waals surface area contributed by atoms with Crippen molar-refractivity contribution in [3.05, 3.63) is 58.8 Å². The van der Waals surface area contributed by atoms with Gasteiger partial charge in [0.25, 0.3) is 5.91 Å². The number of hydrogen-bond acceptors (Lipinski definition) is 3. The van der Waals surface area contributed by atoms with Crippen LogP contribution in [0.4, 0.5) is 4.39 Å². The zero-order valence-electron chi connectivity index (χ0n) is 12.4. The van der Waals surface area contributed by atoms with Crippen molar-refractivity contribution >= 4 is 17.5 Å². The largest absolute Gasteiger partial charge is 0.452 e. The first kappa shape index (κ1) is 16.0. The van der Waals surface area contributed by atoms with Gasteiger partial charge in [-0.05, 0) is 54.6 Å². The number of halogens is 2. The molecule has 1 N–H and O–H groups in total. The lowest BCUT2D eigenvalue weighted by Crippen LogP contribution is -2.36. The molecule has 0 aliphatic carbocycles. The molecule has 6 heteroatoms. The summed E-state index contributed by atoms with van der Waals surface area (Å²) < 4.78 is 17.9. The van der Waals surface area contributed by atoms with Crippen LogP contribution in [0.2, 0.25) is 5.22 Å². The van der Waals surface area contributed by atoms with E-state index in [1.54, 1.807) is 23.1 Å². The average molecular weight is 338 g/mol.